The molecule has 5 N–H and O–H groups in total. The van der Waals surface area contributed by atoms with Crippen LogP contribution >= 0.6 is 7.60 Å². The van der Waals surface area contributed by atoms with E-state index in [1.165, 1.54) is 12.3 Å². The van der Waals surface area contributed by atoms with E-state index in [-0.39, 0.29) is 43.4 Å². The molecule has 22 heavy (non-hydrogen) atoms. The van der Waals surface area contributed by atoms with Gasteiger partial charge < -0.3 is 36.4 Å². The van der Waals surface area contributed by atoms with Gasteiger partial charge in [-0.05, 0) is 0 Å². The van der Waals surface area contributed by atoms with Crippen LogP contribution in [0.25, 0.3) is 0 Å². The van der Waals surface area contributed by atoms with Crippen molar-refractivity contribution in [1.29, 1.82) is 0 Å². The van der Waals surface area contributed by atoms with E-state index >= 15 is 0 Å². The number of aliphatic hydroxyl groups is 1. The molecule has 1 aromatic rings. The quantitative estimate of drug-likeness (QED) is 0.298. The van der Waals surface area contributed by atoms with E-state index in [0.717, 1.165) is 4.73 Å². The first-order valence-corrected chi connectivity index (χ1v) is 7.54. The van der Waals surface area contributed by atoms with E-state index in [1.54, 1.807) is 0 Å². The van der Waals surface area contributed by atoms with Gasteiger partial charge in [-0.2, -0.15) is 4.98 Å². The maximum absolute atomic E-state index is 11.4. The third kappa shape index (κ3) is 5.30. The monoisotopic (exact) mass is 347 g/mol. The molecule has 0 radical (unpaired) electrons. The maximum Gasteiger partial charge on any atom is 1.00 e. The van der Waals surface area contributed by atoms with Crippen molar-refractivity contribution in [3.8, 4) is 0 Å². The number of nitrogens with zero attached hydrogens (tertiary/aromatic N) is 2. The molecule has 1 aliphatic heterocycles. The molecule has 0 aliphatic carbocycles. The first-order chi connectivity index (χ1) is 9.76. The summed E-state index contributed by atoms with van der Waals surface area (Å²) in [4.78, 5) is 37.3. The molecule has 2 rings (SSSR count). The van der Waals surface area contributed by atoms with Gasteiger partial charge in [0.25, 0.3) is 6.29 Å². The summed E-state index contributed by atoms with van der Waals surface area (Å²) in [6.07, 6.45) is -3.21. The molecule has 0 spiro atoms. The number of aliphatic hydroxyl groups excluding tert-OH is 1. The van der Waals surface area contributed by atoms with E-state index in [9.17, 15) is 14.5 Å². The SMILES string of the molecule is Nc1ccn(OC2OC[C@H](OCP(=O)(O)O)[C@H]2O)c(=O)n1.[H-].[Na+]. The fourth-order valence-electron chi connectivity index (χ4n) is 1.59. The van der Waals surface area contributed by atoms with Crippen molar-refractivity contribution in [2.45, 2.75) is 18.5 Å². The summed E-state index contributed by atoms with van der Waals surface area (Å²) in [6, 6.07) is 1.31. The van der Waals surface area contributed by atoms with E-state index < -0.39 is 38.1 Å². The second kappa shape index (κ2) is 7.86. The van der Waals surface area contributed by atoms with E-state index in [0.29, 0.717) is 0 Å². The zero-order chi connectivity index (χ0) is 15.6. The Labute approximate surface area is 147 Å². The third-order valence-corrected chi connectivity index (χ3v) is 3.04. The molecule has 0 aromatic carbocycles. The van der Waals surface area contributed by atoms with Gasteiger partial charge in [0.15, 0.2) is 0 Å². The van der Waals surface area contributed by atoms with Crippen LogP contribution in [0, 0.1) is 0 Å². The van der Waals surface area contributed by atoms with Crippen LogP contribution in [0.1, 0.15) is 1.43 Å². The van der Waals surface area contributed by atoms with Gasteiger partial charge in [0.05, 0.1) is 12.8 Å². The van der Waals surface area contributed by atoms with Crippen LogP contribution in [-0.2, 0) is 14.0 Å². The first kappa shape index (κ1) is 19.6. The molecular formula is C9H15N3NaO8P. The van der Waals surface area contributed by atoms with Crippen LogP contribution in [0.5, 0.6) is 0 Å². The number of rotatable bonds is 5. The Kier molecular flexibility index (Phi) is 6.99. The fraction of sp³-hybridized carbons (Fsp3) is 0.556. The fourth-order valence-corrected chi connectivity index (χ4v) is 1.98. The third-order valence-electron chi connectivity index (χ3n) is 2.55. The van der Waals surface area contributed by atoms with Gasteiger partial charge in [-0.1, -0.05) is 0 Å². The normalized spacial score (nSPS) is 24.8. The van der Waals surface area contributed by atoms with Crippen molar-refractivity contribution >= 4 is 13.4 Å². The predicted octanol–water partition coefficient (Wildman–Crippen LogP) is -5.39. The van der Waals surface area contributed by atoms with Crippen molar-refractivity contribution in [2.24, 2.45) is 0 Å². The van der Waals surface area contributed by atoms with Gasteiger partial charge in [-0.25, -0.2) is 4.79 Å². The average molecular weight is 347 g/mol. The Morgan fingerprint density at radius 2 is 2.27 bits per heavy atom. The second-order valence-corrected chi connectivity index (χ2v) is 5.84. The van der Waals surface area contributed by atoms with Crippen molar-refractivity contribution < 1.29 is 64.8 Å². The molecule has 0 bridgehead atoms. The zero-order valence-corrected chi connectivity index (χ0v) is 14.5. The number of aromatic nitrogens is 2. The number of hydrogen-bond donors (Lipinski definition) is 4. The second-order valence-electron chi connectivity index (χ2n) is 4.26. The van der Waals surface area contributed by atoms with Gasteiger partial charge in [-0.15, -0.1) is 4.73 Å². The summed E-state index contributed by atoms with van der Waals surface area (Å²) >= 11 is 0. The average Bonchev–Trinajstić information content (AvgIpc) is 2.71. The molecule has 2 heterocycles. The minimum absolute atomic E-state index is 0. The number of ether oxygens (including phenoxy) is 2. The summed E-state index contributed by atoms with van der Waals surface area (Å²) in [5.41, 5.74) is 4.51. The number of hydrogen-bond acceptors (Lipinski definition) is 8. The molecule has 3 atom stereocenters. The minimum atomic E-state index is -4.35. The Bertz CT molecular complexity index is 613. The van der Waals surface area contributed by atoms with Crippen molar-refractivity contribution in [3.63, 3.8) is 0 Å². The molecular weight excluding hydrogens is 332 g/mol. The minimum Gasteiger partial charge on any atom is -1.00 e. The van der Waals surface area contributed by atoms with E-state index in [4.69, 9.17) is 29.8 Å². The molecule has 13 heteroatoms. The van der Waals surface area contributed by atoms with Crippen LogP contribution in [0.15, 0.2) is 17.1 Å². The number of nitrogen functional groups attached to an aromatic ring is 1. The van der Waals surface area contributed by atoms with Gasteiger partial charge in [-0.3, -0.25) is 4.57 Å². The van der Waals surface area contributed by atoms with Crippen LogP contribution < -0.4 is 45.8 Å². The number of anilines is 1. The Balaban J connectivity index is 0.00000242. The maximum atomic E-state index is 11.4. The Morgan fingerprint density at radius 3 is 2.86 bits per heavy atom. The van der Waals surface area contributed by atoms with E-state index in [1.807, 2.05) is 0 Å². The largest absolute Gasteiger partial charge is 1.00 e. The van der Waals surface area contributed by atoms with Gasteiger partial charge in [0.1, 0.15) is 24.4 Å². The molecule has 1 unspecified atom stereocenters. The molecule has 120 valence electrons. The standard InChI is InChI=1S/C9H14N3O8P.Na.H/c10-6-1-2-12(9(14)11-6)20-8-7(13)5(3-18-8)19-4-21(15,16)17;;/h1-2,5,7-8,13H,3-4H2,(H2,10,11,14)(H2,15,16,17);;/q;+1;-1/t5-,7+,8?;;/m0../s1. The summed E-state index contributed by atoms with van der Waals surface area (Å²) < 4.78 is 21.3. The van der Waals surface area contributed by atoms with Gasteiger partial charge in [0, 0.05) is 6.07 Å². The van der Waals surface area contributed by atoms with Crippen molar-refractivity contribution in [1.82, 2.24) is 9.71 Å². The molecule has 0 saturated carbocycles. The predicted molar refractivity (Wildman–Crippen MR) is 68.1 cm³/mol. The number of nitrogens with two attached hydrogens (primary N) is 1. The van der Waals surface area contributed by atoms with Crippen LogP contribution in [0.4, 0.5) is 5.82 Å². The summed E-state index contributed by atoms with van der Waals surface area (Å²) in [7, 11) is -4.35. The molecule has 1 fully saturated rings. The zero-order valence-electron chi connectivity index (χ0n) is 12.6. The molecule has 1 saturated heterocycles. The molecule has 11 nitrogen and oxygen atoms in total. The summed E-state index contributed by atoms with van der Waals surface area (Å²) in [6.45, 7) is -0.150. The van der Waals surface area contributed by atoms with Gasteiger partial charge >= 0.3 is 42.8 Å². The Morgan fingerprint density at radius 1 is 1.59 bits per heavy atom. The van der Waals surface area contributed by atoms with Crippen molar-refractivity contribution in [3.05, 3.63) is 22.7 Å². The molecule has 0 amide bonds. The summed E-state index contributed by atoms with van der Waals surface area (Å²) in [5, 5.41) is 9.86. The Hall–Kier alpha value is -0.490. The molecule has 1 aliphatic rings. The smallest absolute Gasteiger partial charge is 1.00 e. The van der Waals surface area contributed by atoms with Crippen LogP contribution in [-0.4, -0.2) is 56.1 Å². The van der Waals surface area contributed by atoms with E-state index in [2.05, 4.69) is 4.98 Å². The van der Waals surface area contributed by atoms with Crippen LogP contribution in [0.2, 0.25) is 0 Å². The first-order valence-electron chi connectivity index (χ1n) is 5.74. The topological polar surface area (TPSA) is 166 Å². The van der Waals surface area contributed by atoms with Crippen molar-refractivity contribution in [2.75, 3.05) is 18.7 Å². The molecule has 1 aromatic heterocycles. The van der Waals surface area contributed by atoms with Crippen LogP contribution in [0.3, 0.4) is 0 Å². The van der Waals surface area contributed by atoms with Gasteiger partial charge in [0.2, 0.25) is 0 Å². The summed E-state index contributed by atoms with van der Waals surface area (Å²) in [5.74, 6) is 0.00981.